The zero-order valence-corrected chi connectivity index (χ0v) is 13.2. The fourth-order valence-electron chi connectivity index (χ4n) is 1.51. The highest BCUT2D eigenvalue weighted by molar-refractivity contribution is 7.60. The van der Waals surface area contributed by atoms with Gasteiger partial charge in [0.2, 0.25) is 0 Å². The van der Waals surface area contributed by atoms with E-state index in [2.05, 4.69) is 0 Å². The van der Waals surface area contributed by atoms with Crippen LogP contribution in [0.2, 0.25) is 0 Å². The minimum absolute atomic E-state index is 0.0635. The zero-order valence-electron chi connectivity index (χ0n) is 12.3. The summed E-state index contributed by atoms with van der Waals surface area (Å²) in [6.45, 7) is 0. The lowest BCUT2D eigenvalue weighted by atomic mass is 10.3. The molecule has 0 N–H and O–H groups in total. The molecule has 9 heteroatoms. The molecule has 0 aliphatic carbocycles. The largest absolute Gasteiger partial charge is 0.509 e. The molecule has 2 aromatic rings. The highest BCUT2D eigenvalue weighted by Crippen LogP contribution is 2.48. The molecule has 0 unspecified atom stereocenters. The molecule has 2 aromatic carbocycles. The van der Waals surface area contributed by atoms with Crippen molar-refractivity contribution in [2.45, 2.75) is 12.1 Å². The smallest absolute Gasteiger partial charge is 0.407 e. The van der Waals surface area contributed by atoms with Gasteiger partial charge in [-0.2, -0.15) is 22.0 Å². The summed E-state index contributed by atoms with van der Waals surface area (Å²) in [5.41, 5.74) is 1.33. The minimum atomic E-state index is -5.91. The molecule has 0 aliphatic rings. The number of alkyl halides is 5. The van der Waals surface area contributed by atoms with Gasteiger partial charge in [-0.15, -0.1) is 0 Å². The normalized spacial score (nSPS) is 12.0. The first-order chi connectivity index (χ1) is 11.6. The van der Waals surface area contributed by atoms with E-state index in [1.54, 1.807) is 12.1 Å². The molecule has 0 fully saturated rings. The van der Waals surface area contributed by atoms with E-state index < -0.39 is 19.7 Å². The van der Waals surface area contributed by atoms with Crippen molar-refractivity contribution in [3.63, 3.8) is 0 Å². The van der Waals surface area contributed by atoms with Gasteiger partial charge in [0.05, 0.1) is 5.66 Å². The molecule has 0 heterocycles. The number of rotatable bonds is 4. The lowest BCUT2D eigenvalue weighted by molar-refractivity contribution is -0.254. The topological polar surface area (TPSA) is 35.5 Å². The third-order valence-electron chi connectivity index (χ3n) is 2.64. The van der Waals surface area contributed by atoms with Crippen LogP contribution in [0.15, 0.2) is 60.7 Å². The number of hydrogen-bond donors (Lipinski definition) is 0. The van der Waals surface area contributed by atoms with E-state index >= 15 is 0 Å². The summed E-state index contributed by atoms with van der Waals surface area (Å²) in [5, 5.41) is 0. The molecule has 0 radical (unpaired) electrons. The van der Waals surface area contributed by atoms with Gasteiger partial charge in [-0.1, -0.05) is 36.4 Å². The number of benzene rings is 2. The first-order valence-electron chi connectivity index (χ1n) is 6.70. The zero-order chi connectivity index (χ0) is 18.6. The highest BCUT2D eigenvalue weighted by atomic mass is 31.2. The van der Waals surface area contributed by atoms with Crippen molar-refractivity contribution in [1.82, 2.24) is 0 Å². The average Bonchev–Trinajstić information content (AvgIpc) is 2.54. The maximum atomic E-state index is 13.0. The van der Waals surface area contributed by atoms with Gasteiger partial charge in [-0.3, -0.25) is 0 Å². The predicted octanol–water partition coefficient (Wildman–Crippen LogP) is 5.50. The third-order valence-corrected chi connectivity index (χ3v) is 3.93. The molecule has 0 saturated carbocycles. The van der Waals surface area contributed by atoms with Gasteiger partial charge in [0, 0.05) is 0 Å². The fraction of sp³-hybridized carbons (Fsp3) is 0.125. The molecule has 2 rings (SSSR count). The monoisotopic (exact) mass is 376 g/mol. The lowest BCUT2D eigenvalue weighted by Gasteiger charge is -2.16. The summed E-state index contributed by atoms with van der Waals surface area (Å²) in [7, 11) is -4.67. The van der Waals surface area contributed by atoms with Crippen LogP contribution >= 0.6 is 7.60 Å². The Hall–Kier alpha value is -2.52. The van der Waals surface area contributed by atoms with E-state index in [1.807, 2.05) is 0 Å². The first kappa shape index (κ1) is 18.8. The van der Waals surface area contributed by atoms with Crippen molar-refractivity contribution >= 4 is 7.60 Å². The van der Waals surface area contributed by atoms with Gasteiger partial charge in [0.15, 0.2) is 0 Å². The Morgan fingerprint density at radius 2 is 1.16 bits per heavy atom. The predicted molar refractivity (Wildman–Crippen MR) is 80.5 cm³/mol. The molecular weight excluding hydrogens is 366 g/mol. The summed E-state index contributed by atoms with van der Waals surface area (Å²) in [4.78, 5) is 0. The van der Waals surface area contributed by atoms with Gasteiger partial charge in [0.25, 0.3) is 0 Å². The van der Waals surface area contributed by atoms with Crippen LogP contribution < -0.4 is 9.05 Å². The lowest BCUT2D eigenvalue weighted by Crippen LogP contribution is -2.34. The fourth-order valence-corrected chi connectivity index (χ4v) is 2.72. The van der Waals surface area contributed by atoms with E-state index in [9.17, 15) is 26.5 Å². The maximum absolute atomic E-state index is 13.0. The average molecular weight is 376 g/mol. The summed E-state index contributed by atoms with van der Waals surface area (Å²) < 4.78 is 85.3. The molecule has 25 heavy (non-hydrogen) atoms. The minimum Gasteiger partial charge on any atom is -0.407 e. The van der Waals surface area contributed by atoms with Gasteiger partial charge < -0.3 is 9.05 Å². The Morgan fingerprint density at radius 3 is 1.52 bits per heavy atom. The Morgan fingerprint density at radius 1 is 0.760 bits per heavy atom. The van der Waals surface area contributed by atoms with Gasteiger partial charge >= 0.3 is 19.7 Å². The molecule has 0 aliphatic heterocycles. The van der Waals surface area contributed by atoms with Crippen LogP contribution in [-0.2, 0) is 4.57 Å². The van der Waals surface area contributed by atoms with E-state index in [-0.39, 0.29) is 11.5 Å². The molecule has 132 valence electrons. The van der Waals surface area contributed by atoms with Crippen molar-refractivity contribution in [1.29, 1.82) is 0 Å². The second-order valence-corrected chi connectivity index (χ2v) is 6.20. The van der Waals surface area contributed by atoms with Crippen molar-refractivity contribution in [3.8, 4) is 23.1 Å². The van der Waals surface area contributed by atoms with Crippen LogP contribution in [-0.4, -0.2) is 12.1 Å². The summed E-state index contributed by atoms with van der Waals surface area (Å²) in [5.74, 6) is -4.83. The standard InChI is InChI=1S/C16H10F5O3P/c17-15(18,16(19,20)21)11-12-25(22,23-13-7-3-1-4-8-13)24-14-9-5-2-6-10-14/h1-10H. The van der Waals surface area contributed by atoms with E-state index in [1.165, 1.54) is 54.2 Å². The van der Waals surface area contributed by atoms with Crippen molar-refractivity contribution in [2.24, 2.45) is 0 Å². The molecule has 0 bridgehead atoms. The molecule has 0 atom stereocenters. The molecular formula is C16H10F5O3P. The van der Waals surface area contributed by atoms with E-state index in [0.717, 1.165) is 0 Å². The van der Waals surface area contributed by atoms with Crippen molar-refractivity contribution in [2.75, 3.05) is 0 Å². The highest BCUT2D eigenvalue weighted by Gasteiger charge is 2.57. The van der Waals surface area contributed by atoms with Crippen molar-refractivity contribution < 1.29 is 35.6 Å². The quantitative estimate of drug-likeness (QED) is 0.402. The van der Waals surface area contributed by atoms with Crippen LogP contribution in [0, 0.1) is 11.6 Å². The maximum Gasteiger partial charge on any atom is 0.509 e. The molecule has 3 nitrogen and oxygen atoms in total. The van der Waals surface area contributed by atoms with Crippen molar-refractivity contribution in [3.05, 3.63) is 60.7 Å². The Labute approximate surface area is 139 Å². The molecule has 0 saturated heterocycles. The van der Waals surface area contributed by atoms with Gasteiger partial charge in [-0.05, 0) is 30.2 Å². The third kappa shape index (κ3) is 5.23. The molecule has 0 amide bonds. The Balaban J connectivity index is 2.38. The van der Waals surface area contributed by atoms with E-state index in [0.29, 0.717) is 5.92 Å². The number of halogens is 5. The second kappa shape index (κ2) is 7.16. The van der Waals surface area contributed by atoms with Crippen LogP contribution in [0.5, 0.6) is 11.5 Å². The van der Waals surface area contributed by atoms with Crippen LogP contribution in [0.4, 0.5) is 22.0 Å². The van der Waals surface area contributed by atoms with Crippen LogP contribution in [0.1, 0.15) is 0 Å². The van der Waals surface area contributed by atoms with Crippen LogP contribution in [0.3, 0.4) is 0 Å². The summed E-state index contributed by atoms with van der Waals surface area (Å²) in [6.07, 6.45) is -5.91. The van der Waals surface area contributed by atoms with Gasteiger partial charge in [0.1, 0.15) is 11.5 Å². The summed E-state index contributed by atoms with van der Waals surface area (Å²) in [6, 6.07) is 14.4. The van der Waals surface area contributed by atoms with Crippen LogP contribution in [0.25, 0.3) is 0 Å². The number of hydrogen-bond acceptors (Lipinski definition) is 3. The summed E-state index contributed by atoms with van der Waals surface area (Å²) >= 11 is 0. The molecule has 0 aromatic heterocycles. The van der Waals surface area contributed by atoms with E-state index in [4.69, 9.17) is 9.05 Å². The number of para-hydroxylation sites is 2. The Bertz CT molecular complexity index is 765. The Kier molecular flexibility index (Phi) is 5.39. The van der Waals surface area contributed by atoms with Gasteiger partial charge in [-0.25, -0.2) is 4.57 Å². The SMILES string of the molecule is O=P(C#CC(F)(F)C(F)(F)F)(Oc1ccccc1)Oc1ccccc1. The molecule has 0 spiro atoms. The first-order valence-corrected chi connectivity index (χ1v) is 8.24. The second-order valence-electron chi connectivity index (χ2n) is 4.62.